The lowest BCUT2D eigenvalue weighted by Gasteiger charge is -2.38. The van der Waals surface area contributed by atoms with Crippen molar-refractivity contribution in [1.29, 1.82) is 0 Å². The standard InChI is InChI=1S/C20H28O3S/c1-20(2,3)16-9-7-14(8-10-16)11-19(21)15-12-17-5-4-6-18(13-15)24(17,22)23/h7-10,15,17-18H,4-6,11-13H2,1-3H3. The van der Waals surface area contributed by atoms with E-state index in [0.717, 1.165) is 24.8 Å². The quantitative estimate of drug-likeness (QED) is 0.834. The summed E-state index contributed by atoms with van der Waals surface area (Å²) in [7, 11) is -2.98. The summed E-state index contributed by atoms with van der Waals surface area (Å²) in [6.07, 6.45) is 3.97. The molecule has 24 heavy (non-hydrogen) atoms. The lowest BCUT2D eigenvalue weighted by molar-refractivity contribution is -0.122. The Kier molecular flexibility index (Phi) is 4.63. The Morgan fingerprint density at radius 2 is 1.58 bits per heavy atom. The Balaban J connectivity index is 1.68. The fourth-order valence-corrected chi connectivity index (χ4v) is 6.68. The molecule has 3 nitrogen and oxygen atoms in total. The van der Waals surface area contributed by atoms with Gasteiger partial charge in [-0.25, -0.2) is 8.42 Å². The second-order valence-electron chi connectivity index (χ2n) is 8.52. The zero-order valence-electron chi connectivity index (χ0n) is 14.9. The van der Waals surface area contributed by atoms with Gasteiger partial charge in [-0.3, -0.25) is 4.79 Å². The third-order valence-electron chi connectivity index (χ3n) is 5.73. The van der Waals surface area contributed by atoms with Crippen LogP contribution in [0.15, 0.2) is 24.3 Å². The SMILES string of the molecule is CC(C)(C)c1ccc(CC(=O)C2CC3CCCC(C2)S3(=O)=O)cc1. The predicted octanol–water partition coefficient (Wildman–Crippen LogP) is 3.84. The normalized spacial score (nSPS) is 29.2. The number of hydrogen-bond acceptors (Lipinski definition) is 3. The van der Waals surface area contributed by atoms with Crippen LogP contribution < -0.4 is 0 Å². The molecule has 0 aliphatic carbocycles. The van der Waals surface area contributed by atoms with Gasteiger partial charge in [-0.2, -0.15) is 0 Å². The van der Waals surface area contributed by atoms with Crippen LogP contribution in [0.25, 0.3) is 0 Å². The van der Waals surface area contributed by atoms with Crippen LogP contribution in [0.4, 0.5) is 0 Å². The Hall–Kier alpha value is -1.16. The maximum absolute atomic E-state index is 12.7. The minimum atomic E-state index is -2.98. The van der Waals surface area contributed by atoms with Crippen molar-refractivity contribution in [2.24, 2.45) is 5.92 Å². The summed E-state index contributed by atoms with van der Waals surface area (Å²) in [5, 5.41) is -0.551. The molecule has 132 valence electrons. The summed E-state index contributed by atoms with van der Waals surface area (Å²) < 4.78 is 24.7. The average Bonchev–Trinajstić information content (AvgIpc) is 2.45. The molecule has 0 spiro atoms. The Morgan fingerprint density at radius 1 is 1.04 bits per heavy atom. The van der Waals surface area contributed by atoms with Crippen molar-refractivity contribution < 1.29 is 13.2 Å². The molecule has 0 saturated carbocycles. The minimum absolute atomic E-state index is 0.0777. The molecule has 1 aromatic rings. The molecule has 2 aliphatic rings. The van der Waals surface area contributed by atoms with E-state index in [9.17, 15) is 13.2 Å². The van der Waals surface area contributed by atoms with Crippen molar-refractivity contribution in [2.75, 3.05) is 0 Å². The molecule has 3 rings (SSSR count). The molecule has 2 heterocycles. The molecule has 0 amide bonds. The number of carbonyl (C=O) groups is 1. The summed E-state index contributed by atoms with van der Waals surface area (Å²) in [4.78, 5) is 12.7. The smallest absolute Gasteiger partial charge is 0.156 e. The molecule has 2 unspecified atom stereocenters. The van der Waals surface area contributed by atoms with E-state index in [1.165, 1.54) is 5.56 Å². The van der Waals surface area contributed by atoms with Crippen LogP contribution in [0.3, 0.4) is 0 Å². The van der Waals surface area contributed by atoms with E-state index in [1.54, 1.807) is 0 Å². The monoisotopic (exact) mass is 348 g/mol. The number of sulfone groups is 1. The van der Waals surface area contributed by atoms with E-state index < -0.39 is 9.84 Å². The van der Waals surface area contributed by atoms with E-state index in [1.807, 2.05) is 12.1 Å². The van der Waals surface area contributed by atoms with Gasteiger partial charge in [-0.15, -0.1) is 0 Å². The third-order valence-corrected chi connectivity index (χ3v) is 8.44. The van der Waals surface area contributed by atoms with Crippen molar-refractivity contribution in [3.8, 4) is 0 Å². The van der Waals surface area contributed by atoms with Gasteiger partial charge in [0.15, 0.2) is 9.84 Å². The molecule has 0 N–H and O–H groups in total. The highest BCUT2D eigenvalue weighted by atomic mass is 32.2. The molecule has 2 aliphatic heterocycles. The number of carbonyl (C=O) groups excluding carboxylic acids is 1. The van der Waals surface area contributed by atoms with Gasteiger partial charge in [0, 0.05) is 12.3 Å². The fourth-order valence-electron chi connectivity index (χ4n) is 4.14. The molecular weight excluding hydrogens is 320 g/mol. The van der Waals surface area contributed by atoms with Crippen LogP contribution in [0.1, 0.15) is 64.0 Å². The van der Waals surface area contributed by atoms with Gasteiger partial charge >= 0.3 is 0 Å². The van der Waals surface area contributed by atoms with Crippen LogP contribution in [0.2, 0.25) is 0 Å². The molecule has 0 aromatic heterocycles. The third kappa shape index (κ3) is 3.44. The van der Waals surface area contributed by atoms with E-state index in [-0.39, 0.29) is 27.6 Å². The van der Waals surface area contributed by atoms with Crippen molar-refractivity contribution in [3.05, 3.63) is 35.4 Å². The molecule has 1 aromatic carbocycles. The van der Waals surface area contributed by atoms with Gasteiger partial charge < -0.3 is 0 Å². The number of ketones is 1. The molecule has 2 bridgehead atoms. The second kappa shape index (κ2) is 6.29. The van der Waals surface area contributed by atoms with Gasteiger partial charge in [-0.05, 0) is 42.2 Å². The van der Waals surface area contributed by atoms with Crippen molar-refractivity contribution >= 4 is 15.6 Å². The fraction of sp³-hybridized carbons (Fsp3) is 0.650. The first kappa shape index (κ1) is 17.7. The first-order valence-corrected chi connectivity index (χ1v) is 10.6. The zero-order valence-corrected chi connectivity index (χ0v) is 15.7. The Bertz CT molecular complexity index is 690. The van der Waals surface area contributed by atoms with Gasteiger partial charge in [0.2, 0.25) is 0 Å². The molecular formula is C20H28O3S. The van der Waals surface area contributed by atoms with Crippen LogP contribution in [-0.4, -0.2) is 24.7 Å². The Morgan fingerprint density at radius 3 is 2.08 bits per heavy atom. The number of hydrogen-bond donors (Lipinski definition) is 0. The van der Waals surface area contributed by atoms with Gasteiger partial charge in [0.25, 0.3) is 0 Å². The second-order valence-corrected chi connectivity index (χ2v) is 11.0. The number of rotatable bonds is 3. The minimum Gasteiger partial charge on any atom is -0.299 e. The summed E-state index contributed by atoms with van der Waals surface area (Å²) in [5.41, 5.74) is 2.40. The van der Waals surface area contributed by atoms with Crippen molar-refractivity contribution in [1.82, 2.24) is 0 Å². The van der Waals surface area contributed by atoms with Crippen LogP contribution in [0.5, 0.6) is 0 Å². The van der Waals surface area contributed by atoms with Crippen LogP contribution >= 0.6 is 0 Å². The molecule has 2 atom stereocenters. The number of benzene rings is 1. The Labute approximate surface area is 145 Å². The molecule has 0 radical (unpaired) electrons. The van der Waals surface area contributed by atoms with E-state index in [4.69, 9.17) is 0 Å². The summed E-state index contributed by atoms with van der Waals surface area (Å²) in [6, 6.07) is 8.28. The van der Waals surface area contributed by atoms with E-state index in [2.05, 4.69) is 32.9 Å². The molecule has 2 saturated heterocycles. The first-order valence-electron chi connectivity index (χ1n) is 9.03. The highest BCUT2D eigenvalue weighted by Crippen LogP contribution is 2.40. The van der Waals surface area contributed by atoms with Crippen LogP contribution in [-0.2, 0) is 26.5 Å². The van der Waals surface area contributed by atoms with Gasteiger partial charge in [0.1, 0.15) is 5.78 Å². The van der Waals surface area contributed by atoms with E-state index in [0.29, 0.717) is 19.3 Å². The topological polar surface area (TPSA) is 51.2 Å². The largest absolute Gasteiger partial charge is 0.299 e. The number of Topliss-reactive ketones (excluding diaryl/α,β-unsaturated/α-hetero) is 1. The zero-order chi connectivity index (χ0) is 17.5. The highest BCUT2D eigenvalue weighted by Gasteiger charge is 2.45. The van der Waals surface area contributed by atoms with Crippen molar-refractivity contribution in [2.45, 2.75) is 75.2 Å². The lowest BCUT2D eigenvalue weighted by atomic mass is 9.83. The molecule has 2 fully saturated rings. The van der Waals surface area contributed by atoms with Gasteiger partial charge in [0.05, 0.1) is 10.5 Å². The maximum atomic E-state index is 12.7. The first-order chi connectivity index (χ1) is 11.2. The van der Waals surface area contributed by atoms with Gasteiger partial charge in [-0.1, -0.05) is 51.5 Å². The molecule has 4 heteroatoms. The lowest BCUT2D eigenvalue weighted by Crippen LogP contribution is -2.45. The average molecular weight is 349 g/mol. The number of fused-ring (bicyclic) bond motifs is 2. The maximum Gasteiger partial charge on any atom is 0.156 e. The van der Waals surface area contributed by atoms with Crippen LogP contribution in [0, 0.1) is 5.92 Å². The summed E-state index contributed by atoms with van der Waals surface area (Å²) >= 11 is 0. The predicted molar refractivity (Wildman–Crippen MR) is 96.9 cm³/mol. The van der Waals surface area contributed by atoms with Crippen molar-refractivity contribution in [3.63, 3.8) is 0 Å². The summed E-state index contributed by atoms with van der Waals surface area (Å²) in [5.74, 6) is 0.136. The highest BCUT2D eigenvalue weighted by molar-refractivity contribution is 7.92. The van der Waals surface area contributed by atoms with E-state index >= 15 is 0 Å². The summed E-state index contributed by atoms with van der Waals surface area (Å²) in [6.45, 7) is 6.52.